The lowest BCUT2D eigenvalue weighted by molar-refractivity contribution is -0.146. The first kappa shape index (κ1) is 34.2. The lowest BCUT2D eigenvalue weighted by Gasteiger charge is -2.37. The maximum atomic E-state index is 14.3. The molecule has 3 heterocycles. The van der Waals surface area contributed by atoms with Crippen molar-refractivity contribution in [2.75, 3.05) is 19.6 Å². The Morgan fingerprint density at radius 2 is 1.70 bits per heavy atom. The largest absolute Gasteiger partial charge is 0.399 e. The van der Waals surface area contributed by atoms with Crippen molar-refractivity contribution in [1.82, 2.24) is 15.1 Å². The van der Waals surface area contributed by atoms with Crippen LogP contribution in [0.5, 0.6) is 0 Å². The minimum Gasteiger partial charge on any atom is -0.340 e. The van der Waals surface area contributed by atoms with Crippen molar-refractivity contribution in [3.05, 3.63) is 70.6 Å². The van der Waals surface area contributed by atoms with Gasteiger partial charge in [0, 0.05) is 35.8 Å². The summed E-state index contributed by atoms with van der Waals surface area (Å²) in [5, 5.41) is 3.06. The van der Waals surface area contributed by atoms with Gasteiger partial charge in [-0.1, -0.05) is 63.6 Å². The first-order chi connectivity index (χ1) is 21.6. The summed E-state index contributed by atoms with van der Waals surface area (Å²) in [5.74, 6) is -0.783. The van der Waals surface area contributed by atoms with Gasteiger partial charge in [-0.05, 0) is 60.2 Å². The van der Waals surface area contributed by atoms with Crippen LogP contribution in [0, 0.1) is 5.41 Å². The van der Waals surface area contributed by atoms with Crippen LogP contribution in [0.1, 0.15) is 79.6 Å². The highest BCUT2D eigenvalue weighted by molar-refractivity contribution is 7.52. The second kappa shape index (κ2) is 13.1. The van der Waals surface area contributed by atoms with Gasteiger partial charge in [-0.25, -0.2) is 0 Å². The highest BCUT2D eigenvalue weighted by Gasteiger charge is 2.50. The van der Waals surface area contributed by atoms with Gasteiger partial charge >= 0.3 is 13.3 Å². The van der Waals surface area contributed by atoms with Crippen molar-refractivity contribution in [1.29, 1.82) is 0 Å². The van der Waals surface area contributed by atoms with E-state index < -0.39 is 42.2 Å². The van der Waals surface area contributed by atoms with E-state index in [0.717, 1.165) is 42.7 Å². The van der Waals surface area contributed by atoms with Crippen LogP contribution in [0.2, 0.25) is 0 Å². The maximum Gasteiger partial charge on any atom is 0.399 e. The molecule has 0 bridgehead atoms. The third-order valence-electron chi connectivity index (χ3n) is 8.92. The van der Waals surface area contributed by atoms with E-state index in [-0.39, 0.29) is 28.0 Å². The number of likely N-dealkylation sites (tertiary alicyclic amines) is 2. The Bertz CT molecular complexity index is 1650. The Kier molecular flexibility index (Phi) is 9.76. The lowest BCUT2D eigenvalue weighted by Crippen LogP contribution is -2.58. The van der Waals surface area contributed by atoms with E-state index in [4.69, 9.17) is 9.79 Å². The van der Waals surface area contributed by atoms with Crippen molar-refractivity contribution in [3.8, 4) is 0 Å². The van der Waals surface area contributed by atoms with Gasteiger partial charge in [-0.3, -0.25) is 18.9 Å². The number of nitrogens with zero attached hydrogens (tertiary/aromatic N) is 2. The van der Waals surface area contributed by atoms with Gasteiger partial charge < -0.3 is 24.9 Å². The fourth-order valence-electron chi connectivity index (χ4n) is 6.36. The van der Waals surface area contributed by atoms with Gasteiger partial charge in [0.1, 0.15) is 12.1 Å². The van der Waals surface area contributed by atoms with Gasteiger partial charge in [0.25, 0.3) is 5.91 Å². The third-order valence-corrected chi connectivity index (χ3v) is 11.0. The second-order valence-corrected chi connectivity index (χ2v) is 16.0. The molecule has 2 aliphatic heterocycles. The van der Waals surface area contributed by atoms with Crippen molar-refractivity contribution in [2.45, 2.75) is 76.5 Å². The summed E-state index contributed by atoms with van der Waals surface area (Å²) < 4.78 is 40.4. The molecule has 46 heavy (non-hydrogen) atoms. The van der Waals surface area contributed by atoms with Gasteiger partial charge in [-0.15, -0.1) is 11.3 Å². The van der Waals surface area contributed by atoms with Crippen LogP contribution >= 0.6 is 18.9 Å². The molecule has 3 N–H and O–H groups in total. The molecular weight excluding hydrogens is 635 g/mol. The number of alkyl halides is 2. The van der Waals surface area contributed by atoms with Gasteiger partial charge in [0.2, 0.25) is 11.8 Å². The zero-order chi connectivity index (χ0) is 33.4. The fraction of sp³-hybridized carbons (Fsp3) is 0.485. The maximum absolute atomic E-state index is 14.3. The summed E-state index contributed by atoms with van der Waals surface area (Å²) in [5.41, 5.74) is -4.76. The van der Waals surface area contributed by atoms with Crippen molar-refractivity contribution in [2.24, 2.45) is 5.41 Å². The molecule has 3 amide bonds. The predicted molar refractivity (Wildman–Crippen MR) is 173 cm³/mol. The molecule has 2 aromatic carbocycles. The van der Waals surface area contributed by atoms with Crippen LogP contribution in [0.15, 0.2) is 54.6 Å². The zero-order valence-corrected chi connectivity index (χ0v) is 27.8. The monoisotopic (exact) mass is 675 g/mol. The van der Waals surface area contributed by atoms with Crippen LogP contribution in [-0.4, -0.2) is 69.0 Å². The fourth-order valence-corrected chi connectivity index (χ4v) is 7.79. The normalized spacial score (nSPS) is 20.4. The van der Waals surface area contributed by atoms with Crippen molar-refractivity contribution >= 4 is 46.7 Å². The van der Waals surface area contributed by atoms with Crippen molar-refractivity contribution < 1.29 is 37.5 Å². The van der Waals surface area contributed by atoms with E-state index >= 15 is 0 Å². The molecule has 0 aliphatic carbocycles. The summed E-state index contributed by atoms with van der Waals surface area (Å²) >= 11 is 1.02. The zero-order valence-electron chi connectivity index (χ0n) is 26.1. The SMILES string of the molecule is CC(C)(C)C(NC(=O)c1cc2cc(C(F)(F)P(=O)(O)O)ccc2s1)C(=O)N1CCC[C@H]1C(=O)N1CCCCC(c2ccccc2)C1. The van der Waals surface area contributed by atoms with E-state index in [1.54, 1.807) is 4.90 Å². The average Bonchev–Trinajstić information content (AvgIpc) is 3.59. The first-order valence-corrected chi connectivity index (χ1v) is 17.9. The molecule has 1 aromatic heterocycles. The highest BCUT2D eigenvalue weighted by atomic mass is 32.1. The summed E-state index contributed by atoms with van der Waals surface area (Å²) in [7, 11) is -5.76. The summed E-state index contributed by atoms with van der Waals surface area (Å²) in [6.07, 6.45) is 4.11. The van der Waals surface area contributed by atoms with Crippen LogP contribution in [0.3, 0.4) is 0 Å². The quantitative estimate of drug-likeness (QED) is 0.262. The number of nitrogens with one attached hydrogen (secondary N) is 1. The molecule has 3 aromatic rings. The second-order valence-electron chi connectivity index (χ2n) is 13.3. The number of thiophene rings is 1. The first-order valence-electron chi connectivity index (χ1n) is 15.5. The molecule has 2 saturated heterocycles. The molecule has 13 heteroatoms. The Morgan fingerprint density at radius 1 is 0.978 bits per heavy atom. The highest BCUT2D eigenvalue weighted by Crippen LogP contribution is 2.59. The molecule has 0 saturated carbocycles. The molecule has 0 radical (unpaired) electrons. The molecule has 2 aliphatic rings. The number of fused-ring (bicyclic) bond motifs is 1. The minimum absolute atomic E-state index is 0.0694. The van der Waals surface area contributed by atoms with E-state index in [1.165, 1.54) is 17.7 Å². The van der Waals surface area contributed by atoms with E-state index in [2.05, 4.69) is 17.4 Å². The molecule has 3 atom stereocenters. The Balaban J connectivity index is 1.33. The number of rotatable bonds is 7. The standard InChI is InChI=1S/C33H40F2N3O6PS/c1-32(2,3)28(36-29(39)27-19-23-18-24(14-15-26(23)46-27)33(34,35)45(42,43)44)31(41)38-17-9-13-25(38)30(40)37-16-8-7-12-22(20-37)21-10-5-4-6-11-21/h4-6,10-11,14-15,18-19,22,25,28H,7-9,12-13,16-17,20H2,1-3H3,(H,36,39)(H2,42,43,44)/t22?,25-,28?/m0/s1. The number of hydrogen-bond donors (Lipinski definition) is 3. The molecule has 9 nitrogen and oxygen atoms in total. The molecule has 2 unspecified atom stereocenters. The number of benzene rings is 2. The van der Waals surface area contributed by atoms with Crippen LogP contribution < -0.4 is 5.32 Å². The minimum atomic E-state index is -5.76. The van der Waals surface area contributed by atoms with Crippen molar-refractivity contribution in [3.63, 3.8) is 0 Å². The van der Waals surface area contributed by atoms with Crippen LogP contribution in [0.4, 0.5) is 8.78 Å². The summed E-state index contributed by atoms with van der Waals surface area (Å²) in [4.78, 5) is 63.5. The number of carbonyl (C=O) groups is 3. The molecular formula is C33H40F2N3O6PS. The summed E-state index contributed by atoms with van der Waals surface area (Å²) in [6.45, 7) is 7.09. The molecule has 248 valence electrons. The van der Waals surface area contributed by atoms with Gasteiger partial charge in [-0.2, -0.15) is 8.78 Å². The predicted octanol–water partition coefficient (Wildman–Crippen LogP) is 6.06. The van der Waals surface area contributed by atoms with Gasteiger partial charge in [0.05, 0.1) is 4.88 Å². The van der Waals surface area contributed by atoms with E-state index in [9.17, 15) is 27.7 Å². The molecule has 0 spiro atoms. The van der Waals surface area contributed by atoms with Crippen LogP contribution in [0.25, 0.3) is 10.1 Å². The number of carbonyl (C=O) groups excluding carboxylic acids is 3. The Hall–Kier alpha value is -3.18. The smallest absolute Gasteiger partial charge is 0.340 e. The molecule has 2 fully saturated rings. The summed E-state index contributed by atoms with van der Waals surface area (Å²) in [6, 6.07) is 13.1. The number of halogens is 2. The topological polar surface area (TPSA) is 127 Å². The van der Waals surface area contributed by atoms with Crippen LogP contribution in [-0.2, 0) is 19.8 Å². The molecule has 5 rings (SSSR count). The van der Waals surface area contributed by atoms with Gasteiger partial charge in [0.15, 0.2) is 0 Å². The average molecular weight is 676 g/mol. The van der Waals surface area contributed by atoms with E-state index in [1.807, 2.05) is 43.9 Å². The third kappa shape index (κ3) is 7.05. The Labute approximate surface area is 271 Å². The number of amides is 3. The Morgan fingerprint density at radius 3 is 2.37 bits per heavy atom. The van der Waals surface area contributed by atoms with E-state index in [0.29, 0.717) is 37.2 Å². The lowest BCUT2D eigenvalue weighted by atomic mass is 9.85. The number of hydrogen-bond acceptors (Lipinski definition) is 5.